The quantitative estimate of drug-likeness (QED) is 0.433. The molecule has 0 radical (unpaired) electrons. The number of imide groups is 1. The molecule has 1 aliphatic heterocycles. The highest BCUT2D eigenvalue weighted by molar-refractivity contribution is 9.10. The second-order valence-electron chi connectivity index (χ2n) is 7.96. The van der Waals surface area contributed by atoms with Gasteiger partial charge in [-0.1, -0.05) is 28.1 Å². The first-order chi connectivity index (χ1) is 14.1. The SMILES string of the molecule is O=C1C2C3C=CC(C3)C2C(=O)N1c1ccc(-c2ncc3cc(Br)ccc3n2)cc1. The Balaban J connectivity index is 1.32. The van der Waals surface area contributed by atoms with Crippen molar-refractivity contribution in [2.75, 3.05) is 4.90 Å². The summed E-state index contributed by atoms with van der Waals surface area (Å²) < 4.78 is 0.985. The van der Waals surface area contributed by atoms with Crippen molar-refractivity contribution < 1.29 is 9.59 Å². The minimum atomic E-state index is -0.180. The van der Waals surface area contributed by atoms with Gasteiger partial charge in [0, 0.05) is 21.6 Å². The molecule has 4 atom stereocenters. The van der Waals surface area contributed by atoms with E-state index in [-0.39, 0.29) is 35.5 Å². The molecule has 2 bridgehead atoms. The number of benzene rings is 2. The summed E-state index contributed by atoms with van der Waals surface area (Å²) in [5, 5.41) is 0.961. The molecule has 6 rings (SSSR count). The second kappa shape index (κ2) is 6.07. The molecule has 2 amide bonds. The van der Waals surface area contributed by atoms with Crippen LogP contribution >= 0.6 is 15.9 Å². The smallest absolute Gasteiger partial charge is 0.238 e. The molecule has 0 spiro atoms. The Kier molecular flexibility index (Phi) is 3.56. The molecular weight excluding hydrogens is 430 g/mol. The van der Waals surface area contributed by atoms with Crippen LogP contribution < -0.4 is 4.90 Å². The monoisotopic (exact) mass is 445 g/mol. The van der Waals surface area contributed by atoms with E-state index in [1.165, 1.54) is 4.90 Å². The van der Waals surface area contributed by atoms with Gasteiger partial charge in [-0.3, -0.25) is 14.5 Å². The molecule has 2 aromatic carbocycles. The number of carbonyl (C=O) groups is 2. The maximum Gasteiger partial charge on any atom is 0.238 e. The summed E-state index contributed by atoms with van der Waals surface area (Å²) in [5.74, 6) is 0.577. The Bertz CT molecular complexity index is 1190. The predicted octanol–water partition coefficient (Wildman–Crippen LogP) is 4.37. The van der Waals surface area contributed by atoms with E-state index >= 15 is 0 Å². The van der Waals surface area contributed by atoms with Crippen molar-refractivity contribution in [1.82, 2.24) is 9.97 Å². The number of nitrogens with zero attached hydrogens (tertiary/aromatic N) is 3. The molecule has 3 aromatic rings. The van der Waals surface area contributed by atoms with E-state index in [2.05, 4.69) is 38.0 Å². The first kappa shape index (κ1) is 17.0. The fraction of sp³-hybridized carbons (Fsp3) is 0.217. The van der Waals surface area contributed by atoms with Gasteiger partial charge in [0.05, 0.1) is 23.0 Å². The molecule has 142 valence electrons. The van der Waals surface area contributed by atoms with Crippen molar-refractivity contribution in [1.29, 1.82) is 0 Å². The van der Waals surface area contributed by atoms with Crippen molar-refractivity contribution in [2.24, 2.45) is 23.7 Å². The summed E-state index contributed by atoms with van der Waals surface area (Å²) in [6.45, 7) is 0. The molecule has 1 saturated heterocycles. The average molecular weight is 446 g/mol. The van der Waals surface area contributed by atoms with Crippen molar-refractivity contribution in [3.05, 3.63) is 65.3 Å². The Hall–Kier alpha value is -2.86. The zero-order valence-electron chi connectivity index (χ0n) is 15.3. The normalized spacial score (nSPS) is 27.3. The molecule has 5 nitrogen and oxygen atoms in total. The lowest BCUT2D eigenvalue weighted by molar-refractivity contribution is -0.123. The molecule has 3 aliphatic rings. The van der Waals surface area contributed by atoms with Gasteiger partial charge in [-0.2, -0.15) is 0 Å². The van der Waals surface area contributed by atoms with Crippen molar-refractivity contribution in [3.8, 4) is 11.4 Å². The average Bonchev–Trinajstić information content (AvgIpc) is 3.42. The lowest BCUT2D eigenvalue weighted by Crippen LogP contribution is -2.32. The van der Waals surface area contributed by atoms with Crippen LogP contribution in [0.1, 0.15) is 6.42 Å². The summed E-state index contributed by atoms with van der Waals surface area (Å²) in [5.41, 5.74) is 2.34. The van der Waals surface area contributed by atoms with Crippen molar-refractivity contribution in [2.45, 2.75) is 6.42 Å². The number of halogens is 1. The maximum absolute atomic E-state index is 13.0. The number of amides is 2. The number of aromatic nitrogens is 2. The van der Waals surface area contributed by atoms with E-state index in [4.69, 9.17) is 0 Å². The molecular formula is C23H16BrN3O2. The first-order valence-electron chi connectivity index (χ1n) is 9.69. The van der Waals surface area contributed by atoms with E-state index in [1.807, 2.05) is 42.5 Å². The Morgan fingerprint density at radius 2 is 1.62 bits per heavy atom. The maximum atomic E-state index is 13.0. The third-order valence-electron chi connectivity index (χ3n) is 6.40. The highest BCUT2D eigenvalue weighted by Crippen LogP contribution is 2.53. The standard InChI is InChI=1S/C23H16BrN3O2/c24-16-5-8-18-15(10-16)11-25-21(26-18)12-3-6-17(7-4-12)27-22(28)19-13-1-2-14(9-13)20(19)23(27)29/h1-8,10-11,13-14,19-20H,9H2. The van der Waals surface area contributed by atoms with E-state index < -0.39 is 0 Å². The van der Waals surface area contributed by atoms with Gasteiger partial charge in [0.2, 0.25) is 11.8 Å². The van der Waals surface area contributed by atoms with Gasteiger partial charge in [-0.15, -0.1) is 0 Å². The summed E-state index contributed by atoms with van der Waals surface area (Å²) in [6, 6.07) is 13.3. The van der Waals surface area contributed by atoms with Gasteiger partial charge in [-0.05, 0) is 60.7 Å². The Morgan fingerprint density at radius 1 is 0.931 bits per heavy atom. The van der Waals surface area contributed by atoms with Gasteiger partial charge in [0.1, 0.15) is 0 Å². The number of rotatable bonds is 2. The molecule has 2 aliphatic carbocycles. The predicted molar refractivity (Wildman–Crippen MR) is 113 cm³/mol. The molecule has 2 fully saturated rings. The van der Waals surface area contributed by atoms with Crippen LogP contribution in [0.2, 0.25) is 0 Å². The van der Waals surface area contributed by atoms with E-state index in [0.717, 1.165) is 27.4 Å². The molecule has 1 saturated carbocycles. The van der Waals surface area contributed by atoms with Crippen LogP contribution in [0.4, 0.5) is 5.69 Å². The third kappa shape index (κ3) is 2.45. The van der Waals surface area contributed by atoms with Crippen LogP contribution in [0.3, 0.4) is 0 Å². The fourth-order valence-electron chi connectivity index (χ4n) is 5.06. The number of fused-ring (bicyclic) bond motifs is 6. The Labute approximate surface area is 175 Å². The van der Waals surface area contributed by atoms with Gasteiger partial charge in [0.15, 0.2) is 5.82 Å². The lowest BCUT2D eigenvalue weighted by Gasteiger charge is -2.17. The summed E-state index contributed by atoms with van der Waals surface area (Å²) in [7, 11) is 0. The van der Waals surface area contributed by atoms with Crippen LogP contribution in [0.25, 0.3) is 22.3 Å². The van der Waals surface area contributed by atoms with Crippen LogP contribution in [-0.2, 0) is 9.59 Å². The van der Waals surface area contributed by atoms with E-state index in [1.54, 1.807) is 6.20 Å². The number of allylic oxidation sites excluding steroid dienone is 2. The molecule has 29 heavy (non-hydrogen) atoms. The van der Waals surface area contributed by atoms with Gasteiger partial charge in [0.25, 0.3) is 0 Å². The van der Waals surface area contributed by atoms with Crippen LogP contribution in [0.15, 0.2) is 65.3 Å². The topological polar surface area (TPSA) is 63.2 Å². The summed E-state index contributed by atoms with van der Waals surface area (Å²) in [6.07, 6.45) is 6.96. The van der Waals surface area contributed by atoms with E-state index in [9.17, 15) is 9.59 Å². The minimum absolute atomic E-state index is 0.0582. The number of carbonyl (C=O) groups excluding carboxylic acids is 2. The zero-order chi connectivity index (χ0) is 19.7. The number of hydrogen-bond donors (Lipinski definition) is 0. The molecule has 4 unspecified atom stereocenters. The van der Waals surface area contributed by atoms with E-state index in [0.29, 0.717) is 11.5 Å². The number of anilines is 1. The highest BCUT2D eigenvalue weighted by atomic mass is 79.9. The van der Waals surface area contributed by atoms with Crippen LogP contribution in [0, 0.1) is 23.7 Å². The summed E-state index contributed by atoms with van der Waals surface area (Å²) >= 11 is 3.46. The Morgan fingerprint density at radius 3 is 2.31 bits per heavy atom. The lowest BCUT2D eigenvalue weighted by atomic mass is 9.85. The highest BCUT2D eigenvalue weighted by Gasteiger charge is 2.59. The third-order valence-corrected chi connectivity index (χ3v) is 6.89. The minimum Gasteiger partial charge on any atom is -0.274 e. The first-order valence-corrected chi connectivity index (χ1v) is 10.5. The molecule has 1 aromatic heterocycles. The van der Waals surface area contributed by atoms with Crippen LogP contribution in [-0.4, -0.2) is 21.8 Å². The fourth-order valence-corrected chi connectivity index (χ4v) is 5.44. The largest absolute Gasteiger partial charge is 0.274 e. The summed E-state index contributed by atoms with van der Waals surface area (Å²) in [4.78, 5) is 36.4. The van der Waals surface area contributed by atoms with Gasteiger partial charge in [-0.25, -0.2) is 9.97 Å². The second-order valence-corrected chi connectivity index (χ2v) is 8.87. The van der Waals surface area contributed by atoms with Crippen molar-refractivity contribution >= 4 is 44.3 Å². The van der Waals surface area contributed by atoms with Crippen molar-refractivity contribution in [3.63, 3.8) is 0 Å². The number of hydrogen-bond acceptors (Lipinski definition) is 4. The zero-order valence-corrected chi connectivity index (χ0v) is 16.9. The molecule has 2 heterocycles. The van der Waals surface area contributed by atoms with Gasteiger partial charge >= 0.3 is 0 Å². The molecule has 6 heteroatoms. The van der Waals surface area contributed by atoms with Crippen LogP contribution in [0.5, 0.6) is 0 Å². The van der Waals surface area contributed by atoms with Gasteiger partial charge < -0.3 is 0 Å². The molecule has 0 N–H and O–H groups in total.